The SMILES string of the molecule is O=C(O)CSc1nnc(C2CCOc3ccccc32)o1. The summed E-state index contributed by atoms with van der Waals surface area (Å²) in [5, 5.41) is 16.8. The molecule has 0 amide bonds. The number of fused-ring (bicyclic) bond motifs is 1. The standard InChI is InChI=1S/C13H12N2O4S/c16-11(17)7-20-13-15-14-12(19-13)9-5-6-18-10-4-2-1-3-8(9)10/h1-4,9H,5-7H2,(H,16,17). The molecule has 0 spiro atoms. The van der Waals surface area contributed by atoms with Crippen LogP contribution in [-0.2, 0) is 4.79 Å². The van der Waals surface area contributed by atoms with Gasteiger partial charge in [0.15, 0.2) is 0 Å². The molecule has 2 heterocycles. The lowest BCUT2D eigenvalue weighted by Gasteiger charge is -2.23. The van der Waals surface area contributed by atoms with Crippen molar-refractivity contribution in [3.05, 3.63) is 35.7 Å². The summed E-state index contributed by atoms with van der Waals surface area (Å²) in [5.74, 6) is 0.347. The number of benzene rings is 1. The summed E-state index contributed by atoms with van der Waals surface area (Å²) in [7, 11) is 0. The second-order valence-electron chi connectivity index (χ2n) is 4.32. The summed E-state index contributed by atoms with van der Waals surface area (Å²) in [6.07, 6.45) is 0.766. The summed E-state index contributed by atoms with van der Waals surface area (Å²) in [4.78, 5) is 10.5. The molecule has 3 rings (SSSR count). The lowest BCUT2D eigenvalue weighted by atomic mass is 9.93. The fourth-order valence-corrected chi connectivity index (χ4v) is 2.63. The maximum Gasteiger partial charge on any atom is 0.314 e. The molecular formula is C13H12N2O4S. The average Bonchev–Trinajstić information content (AvgIpc) is 2.93. The normalized spacial score (nSPS) is 17.3. The molecular weight excluding hydrogens is 280 g/mol. The molecule has 1 atom stereocenters. The Hall–Kier alpha value is -2.02. The number of rotatable bonds is 4. The van der Waals surface area contributed by atoms with E-state index in [2.05, 4.69) is 10.2 Å². The fraction of sp³-hybridized carbons (Fsp3) is 0.308. The van der Waals surface area contributed by atoms with Gasteiger partial charge in [0.05, 0.1) is 12.5 Å². The average molecular weight is 292 g/mol. The molecule has 1 aromatic carbocycles. The van der Waals surface area contributed by atoms with Crippen molar-refractivity contribution in [1.82, 2.24) is 10.2 Å². The number of hydrogen-bond acceptors (Lipinski definition) is 6. The number of aromatic nitrogens is 2. The zero-order valence-electron chi connectivity index (χ0n) is 10.5. The number of carboxylic acids is 1. The van der Waals surface area contributed by atoms with Crippen LogP contribution in [0.25, 0.3) is 0 Å². The Morgan fingerprint density at radius 3 is 3.10 bits per heavy atom. The van der Waals surface area contributed by atoms with Crippen LogP contribution in [0.5, 0.6) is 5.75 Å². The highest BCUT2D eigenvalue weighted by Crippen LogP contribution is 2.37. The fourth-order valence-electron chi connectivity index (χ4n) is 2.14. The molecule has 0 fully saturated rings. The highest BCUT2D eigenvalue weighted by Gasteiger charge is 2.27. The minimum absolute atomic E-state index is 0.00614. The smallest absolute Gasteiger partial charge is 0.314 e. The highest BCUT2D eigenvalue weighted by atomic mass is 32.2. The van der Waals surface area contributed by atoms with Crippen LogP contribution < -0.4 is 4.74 Å². The van der Waals surface area contributed by atoms with Gasteiger partial charge in [-0.1, -0.05) is 30.0 Å². The van der Waals surface area contributed by atoms with Crippen molar-refractivity contribution in [3.8, 4) is 5.75 Å². The van der Waals surface area contributed by atoms with E-state index in [-0.39, 0.29) is 16.9 Å². The van der Waals surface area contributed by atoms with Crippen LogP contribution in [-0.4, -0.2) is 33.6 Å². The van der Waals surface area contributed by atoms with E-state index in [1.54, 1.807) is 0 Å². The number of carboxylic acid groups (broad SMARTS) is 1. The van der Waals surface area contributed by atoms with Crippen molar-refractivity contribution in [2.24, 2.45) is 0 Å². The van der Waals surface area contributed by atoms with Crippen LogP contribution in [0.4, 0.5) is 0 Å². The van der Waals surface area contributed by atoms with Gasteiger partial charge in [-0.25, -0.2) is 0 Å². The van der Waals surface area contributed by atoms with Gasteiger partial charge in [0, 0.05) is 5.56 Å². The van der Waals surface area contributed by atoms with Gasteiger partial charge in [-0.2, -0.15) is 0 Å². The van der Waals surface area contributed by atoms with Crippen LogP contribution in [0, 0.1) is 0 Å². The number of nitrogens with zero attached hydrogens (tertiary/aromatic N) is 2. The monoisotopic (exact) mass is 292 g/mol. The van der Waals surface area contributed by atoms with Crippen molar-refractivity contribution in [1.29, 1.82) is 0 Å². The zero-order valence-corrected chi connectivity index (χ0v) is 11.3. The molecule has 104 valence electrons. The Morgan fingerprint density at radius 2 is 2.25 bits per heavy atom. The molecule has 2 aromatic rings. The highest BCUT2D eigenvalue weighted by molar-refractivity contribution is 7.99. The molecule has 0 bridgehead atoms. The first kappa shape index (κ1) is 13.0. The topological polar surface area (TPSA) is 85.5 Å². The van der Waals surface area contributed by atoms with Crippen LogP contribution >= 0.6 is 11.8 Å². The van der Waals surface area contributed by atoms with Crippen molar-refractivity contribution >= 4 is 17.7 Å². The van der Waals surface area contributed by atoms with Crippen molar-refractivity contribution < 1.29 is 19.1 Å². The summed E-state index contributed by atoms with van der Waals surface area (Å²) in [6.45, 7) is 0.599. The quantitative estimate of drug-likeness (QED) is 0.864. The lowest BCUT2D eigenvalue weighted by molar-refractivity contribution is -0.133. The predicted octanol–water partition coefficient (Wildman–Crippen LogP) is 2.16. The van der Waals surface area contributed by atoms with E-state index < -0.39 is 5.97 Å². The Bertz CT molecular complexity index is 628. The van der Waals surface area contributed by atoms with E-state index >= 15 is 0 Å². The third-order valence-corrected chi connectivity index (χ3v) is 3.80. The molecule has 0 radical (unpaired) electrons. The molecule has 20 heavy (non-hydrogen) atoms. The van der Waals surface area contributed by atoms with E-state index in [1.807, 2.05) is 24.3 Å². The molecule has 0 aliphatic carbocycles. The van der Waals surface area contributed by atoms with Gasteiger partial charge < -0.3 is 14.3 Å². The summed E-state index contributed by atoms with van der Waals surface area (Å²) in [6, 6.07) is 7.76. The van der Waals surface area contributed by atoms with E-state index in [0.29, 0.717) is 12.5 Å². The summed E-state index contributed by atoms with van der Waals surface area (Å²) in [5.41, 5.74) is 1.03. The Balaban J connectivity index is 1.82. The van der Waals surface area contributed by atoms with Crippen molar-refractivity contribution in [3.63, 3.8) is 0 Å². The first-order chi connectivity index (χ1) is 9.74. The molecule has 1 unspecified atom stereocenters. The Morgan fingerprint density at radius 1 is 1.40 bits per heavy atom. The van der Waals surface area contributed by atoms with Gasteiger partial charge in [0.2, 0.25) is 5.89 Å². The van der Waals surface area contributed by atoms with Crippen molar-refractivity contribution in [2.45, 2.75) is 17.6 Å². The molecule has 7 heteroatoms. The van der Waals surface area contributed by atoms with Gasteiger partial charge in [-0.3, -0.25) is 4.79 Å². The Kier molecular flexibility index (Phi) is 3.60. The van der Waals surface area contributed by atoms with Gasteiger partial charge in [-0.05, 0) is 12.5 Å². The largest absolute Gasteiger partial charge is 0.493 e. The lowest BCUT2D eigenvalue weighted by Crippen LogP contribution is -2.15. The van der Waals surface area contributed by atoms with Crippen LogP contribution in [0.3, 0.4) is 0 Å². The van der Waals surface area contributed by atoms with Crippen LogP contribution in [0.1, 0.15) is 23.8 Å². The second kappa shape index (κ2) is 5.54. The molecule has 0 saturated carbocycles. The second-order valence-corrected chi connectivity index (χ2v) is 5.24. The van der Waals surface area contributed by atoms with Crippen molar-refractivity contribution in [2.75, 3.05) is 12.4 Å². The maximum absolute atomic E-state index is 10.5. The van der Waals surface area contributed by atoms with E-state index in [0.717, 1.165) is 29.5 Å². The molecule has 1 aliphatic rings. The minimum Gasteiger partial charge on any atom is -0.493 e. The molecule has 0 saturated heterocycles. The summed E-state index contributed by atoms with van der Waals surface area (Å²) >= 11 is 1.02. The summed E-state index contributed by atoms with van der Waals surface area (Å²) < 4.78 is 11.1. The number of thioether (sulfide) groups is 1. The third-order valence-electron chi connectivity index (χ3n) is 3.00. The number of ether oxygens (including phenoxy) is 1. The van der Waals surface area contributed by atoms with E-state index in [9.17, 15) is 4.79 Å². The minimum atomic E-state index is -0.911. The number of carbonyl (C=O) groups is 1. The molecule has 1 N–H and O–H groups in total. The Labute approximate surface area is 119 Å². The number of aliphatic carboxylic acids is 1. The van der Waals surface area contributed by atoms with E-state index in [1.165, 1.54) is 0 Å². The predicted molar refractivity (Wildman–Crippen MR) is 71.1 cm³/mol. The van der Waals surface area contributed by atoms with Gasteiger partial charge in [0.25, 0.3) is 5.22 Å². The van der Waals surface area contributed by atoms with E-state index in [4.69, 9.17) is 14.3 Å². The number of hydrogen-bond donors (Lipinski definition) is 1. The van der Waals surface area contributed by atoms with Gasteiger partial charge in [-0.15, -0.1) is 10.2 Å². The molecule has 1 aliphatic heterocycles. The van der Waals surface area contributed by atoms with Gasteiger partial charge >= 0.3 is 5.97 Å². The first-order valence-electron chi connectivity index (χ1n) is 6.14. The molecule has 6 nitrogen and oxygen atoms in total. The zero-order chi connectivity index (χ0) is 13.9. The number of para-hydroxylation sites is 1. The first-order valence-corrected chi connectivity index (χ1v) is 7.12. The third kappa shape index (κ3) is 2.62. The maximum atomic E-state index is 10.5. The van der Waals surface area contributed by atoms with Gasteiger partial charge in [0.1, 0.15) is 11.5 Å². The van der Waals surface area contributed by atoms with Crippen LogP contribution in [0.15, 0.2) is 33.9 Å². The van der Waals surface area contributed by atoms with Crippen LogP contribution in [0.2, 0.25) is 0 Å². The molecule has 1 aromatic heterocycles.